The Labute approximate surface area is 223 Å². The molecule has 1 aliphatic rings. The van der Waals surface area contributed by atoms with Crippen molar-refractivity contribution in [2.45, 2.75) is 44.4 Å². The first-order valence-electron chi connectivity index (χ1n) is 12.2. The molecule has 0 spiro atoms. The van der Waals surface area contributed by atoms with E-state index in [9.17, 15) is 18.0 Å². The molecule has 4 N–H and O–H groups in total. The Morgan fingerprint density at radius 2 is 2.05 bits per heavy atom. The molecule has 3 aromatic rings. The average molecular weight is 543 g/mol. The fourth-order valence-electron chi connectivity index (χ4n) is 3.95. The predicted octanol–water partition coefficient (Wildman–Crippen LogP) is 4.91. The number of hydrogen-bond donors (Lipinski definition) is 3. The molecule has 1 fully saturated rings. The highest BCUT2D eigenvalue weighted by Crippen LogP contribution is 2.38. The molecule has 1 aliphatic carbocycles. The number of fused-ring (bicyclic) bond motifs is 1. The maximum absolute atomic E-state index is 13.3. The molecule has 12 heteroatoms. The highest BCUT2D eigenvalue weighted by molar-refractivity contribution is 5.98. The topological polar surface area (TPSA) is 128 Å². The molecule has 0 radical (unpaired) electrons. The van der Waals surface area contributed by atoms with Crippen molar-refractivity contribution in [2.75, 3.05) is 13.7 Å². The zero-order valence-corrected chi connectivity index (χ0v) is 21.7. The molecule has 9 nitrogen and oxygen atoms in total. The van der Waals surface area contributed by atoms with Crippen LogP contribution in [0.15, 0.2) is 58.2 Å². The third-order valence-electron chi connectivity index (χ3n) is 6.21. The number of carbonyl (C=O) groups excluding carboxylic acids is 1. The molecule has 206 valence electrons. The van der Waals surface area contributed by atoms with E-state index in [4.69, 9.17) is 14.9 Å². The zero-order valence-electron chi connectivity index (χ0n) is 21.7. The second-order valence-electron chi connectivity index (χ2n) is 9.27. The van der Waals surface area contributed by atoms with E-state index in [1.807, 2.05) is 13.0 Å². The smallest absolute Gasteiger partial charge is 0.433 e. The van der Waals surface area contributed by atoms with Crippen molar-refractivity contribution in [3.8, 4) is 17.2 Å². The largest absolute Gasteiger partial charge is 0.494 e. The molecule has 1 saturated carbocycles. The van der Waals surface area contributed by atoms with Crippen molar-refractivity contribution < 1.29 is 27.1 Å². The number of amides is 1. The van der Waals surface area contributed by atoms with Crippen LogP contribution in [0.2, 0.25) is 0 Å². The van der Waals surface area contributed by atoms with Crippen LogP contribution in [-0.2, 0) is 6.18 Å². The maximum atomic E-state index is 13.3. The standard InChI is InChI=1S/C27H29F3N6O3/c1-5-6-13-32-16(3)33-14-26(11-12-26)36-24(37)22-23(15(2)31)39-25(35-22)18-7-9-19(38-4)21-17(18)8-10-20(34-21)27(28,29)30/h5-10,13,15,33H,3,11-12,14,31H2,1-2,4H3,(H,36,37)/b6-5-,32-13?/t15-/m0/s1. The molecule has 1 aromatic carbocycles. The molecular formula is C27H29F3N6O3. The number of rotatable bonds is 10. The van der Waals surface area contributed by atoms with Gasteiger partial charge in [0, 0.05) is 23.7 Å². The second kappa shape index (κ2) is 10.9. The molecule has 0 saturated heterocycles. The van der Waals surface area contributed by atoms with Crippen LogP contribution in [0.25, 0.3) is 22.4 Å². The number of nitrogens with one attached hydrogen (secondary N) is 2. The number of ether oxygens (including phenoxy) is 1. The highest BCUT2D eigenvalue weighted by Gasteiger charge is 2.45. The summed E-state index contributed by atoms with van der Waals surface area (Å²) in [6.45, 7) is 7.78. The first kappa shape index (κ1) is 27.8. The summed E-state index contributed by atoms with van der Waals surface area (Å²) in [7, 11) is 1.34. The Hall–Kier alpha value is -4.19. The molecular weight excluding hydrogens is 513 g/mol. The van der Waals surface area contributed by atoms with Gasteiger partial charge in [-0.05, 0) is 57.0 Å². The van der Waals surface area contributed by atoms with Crippen molar-refractivity contribution in [3.63, 3.8) is 0 Å². The number of halogens is 3. The number of pyridine rings is 1. The number of nitrogens with zero attached hydrogens (tertiary/aromatic N) is 3. The Balaban J connectivity index is 1.63. The summed E-state index contributed by atoms with van der Waals surface area (Å²) in [5.74, 6) is 0.306. The van der Waals surface area contributed by atoms with E-state index in [1.54, 1.807) is 25.3 Å². The molecule has 39 heavy (non-hydrogen) atoms. The molecule has 1 amide bonds. The quantitative estimate of drug-likeness (QED) is 0.311. The van der Waals surface area contributed by atoms with Crippen LogP contribution < -0.4 is 21.1 Å². The van der Waals surface area contributed by atoms with Crippen LogP contribution >= 0.6 is 0 Å². The first-order chi connectivity index (χ1) is 18.5. The van der Waals surface area contributed by atoms with Gasteiger partial charge in [-0.15, -0.1) is 0 Å². The number of hydrogen-bond acceptors (Lipinski definition) is 8. The number of benzene rings is 1. The molecule has 4 rings (SSSR count). The van der Waals surface area contributed by atoms with Gasteiger partial charge in [0.05, 0.1) is 18.7 Å². The molecule has 0 unspecified atom stereocenters. The Kier molecular flexibility index (Phi) is 7.77. The normalized spacial score (nSPS) is 15.6. The van der Waals surface area contributed by atoms with E-state index in [1.165, 1.54) is 19.2 Å². The SMILES string of the molecule is C=C(N=C/C=C\C)NCC1(NC(=O)c2nc(-c3ccc(OC)c4nc(C(F)(F)F)ccc34)oc2[C@H](C)N)CC1. The summed E-state index contributed by atoms with van der Waals surface area (Å²) in [5, 5.41) is 6.42. The fraction of sp³-hybridized carbons (Fsp3) is 0.333. The summed E-state index contributed by atoms with van der Waals surface area (Å²) >= 11 is 0. The number of oxazole rings is 1. The van der Waals surface area contributed by atoms with E-state index >= 15 is 0 Å². The van der Waals surface area contributed by atoms with Crippen LogP contribution in [0, 0.1) is 0 Å². The van der Waals surface area contributed by atoms with Gasteiger partial charge in [-0.3, -0.25) is 4.79 Å². The molecule has 0 aliphatic heterocycles. The van der Waals surface area contributed by atoms with Crippen molar-refractivity contribution >= 4 is 23.0 Å². The molecule has 0 bridgehead atoms. The van der Waals surface area contributed by atoms with Crippen molar-refractivity contribution in [3.05, 3.63) is 66.0 Å². The summed E-state index contributed by atoms with van der Waals surface area (Å²) in [6.07, 6.45) is 2.08. The number of aromatic nitrogens is 2. The lowest BCUT2D eigenvalue weighted by Crippen LogP contribution is -2.44. The van der Waals surface area contributed by atoms with E-state index in [-0.39, 0.29) is 28.6 Å². The lowest BCUT2D eigenvalue weighted by Gasteiger charge is -2.18. The summed E-state index contributed by atoms with van der Waals surface area (Å²) in [4.78, 5) is 25.7. The minimum Gasteiger partial charge on any atom is -0.494 e. The van der Waals surface area contributed by atoms with Gasteiger partial charge in [-0.25, -0.2) is 15.0 Å². The second-order valence-corrected chi connectivity index (χ2v) is 9.27. The van der Waals surface area contributed by atoms with E-state index in [0.29, 0.717) is 23.3 Å². The lowest BCUT2D eigenvalue weighted by molar-refractivity contribution is -0.140. The predicted molar refractivity (Wildman–Crippen MR) is 141 cm³/mol. The third kappa shape index (κ3) is 6.11. The van der Waals surface area contributed by atoms with Gasteiger partial charge in [0.15, 0.2) is 11.5 Å². The van der Waals surface area contributed by atoms with Crippen molar-refractivity contribution in [1.82, 2.24) is 20.6 Å². The van der Waals surface area contributed by atoms with Gasteiger partial charge in [0.25, 0.3) is 5.91 Å². The van der Waals surface area contributed by atoms with Gasteiger partial charge in [0.1, 0.15) is 22.8 Å². The van der Waals surface area contributed by atoms with Gasteiger partial charge >= 0.3 is 6.18 Å². The number of carbonyl (C=O) groups is 1. The third-order valence-corrected chi connectivity index (χ3v) is 6.21. The van der Waals surface area contributed by atoms with Crippen LogP contribution in [0.3, 0.4) is 0 Å². The van der Waals surface area contributed by atoms with Crippen LogP contribution in [0.5, 0.6) is 5.75 Å². The molecule has 1 atom stereocenters. The van der Waals surface area contributed by atoms with Gasteiger partial charge in [-0.2, -0.15) is 13.2 Å². The zero-order chi connectivity index (χ0) is 28.4. The number of methoxy groups -OCH3 is 1. The molecule has 2 aromatic heterocycles. The van der Waals surface area contributed by atoms with Crippen LogP contribution in [0.1, 0.15) is 54.7 Å². The Morgan fingerprint density at radius 3 is 2.67 bits per heavy atom. The number of alkyl halides is 3. The minimum atomic E-state index is -4.63. The van der Waals surface area contributed by atoms with Gasteiger partial charge in [0.2, 0.25) is 5.89 Å². The van der Waals surface area contributed by atoms with Gasteiger partial charge < -0.3 is 25.5 Å². The number of nitrogens with two attached hydrogens (primary N) is 1. The lowest BCUT2D eigenvalue weighted by atomic mass is 10.1. The van der Waals surface area contributed by atoms with Crippen LogP contribution in [0.4, 0.5) is 13.2 Å². The van der Waals surface area contributed by atoms with Crippen molar-refractivity contribution in [1.29, 1.82) is 0 Å². The first-order valence-corrected chi connectivity index (χ1v) is 12.2. The summed E-state index contributed by atoms with van der Waals surface area (Å²) in [6, 6.07) is 4.52. The van der Waals surface area contributed by atoms with E-state index in [0.717, 1.165) is 18.9 Å². The highest BCUT2D eigenvalue weighted by atomic mass is 19.4. The van der Waals surface area contributed by atoms with Gasteiger partial charge in [-0.1, -0.05) is 12.7 Å². The maximum Gasteiger partial charge on any atom is 0.433 e. The number of allylic oxidation sites excluding steroid dienone is 2. The monoisotopic (exact) mass is 542 g/mol. The summed E-state index contributed by atoms with van der Waals surface area (Å²) in [5.41, 5.74) is 4.84. The molecule has 2 heterocycles. The van der Waals surface area contributed by atoms with Crippen molar-refractivity contribution in [2.24, 2.45) is 10.7 Å². The Morgan fingerprint density at radius 1 is 1.31 bits per heavy atom. The van der Waals surface area contributed by atoms with Crippen LogP contribution in [-0.4, -0.2) is 41.3 Å². The average Bonchev–Trinajstić information content (AvgIpc) is 3.50. The van der Waals surface area contributed by atoms with E-state index in [2.05, 4.69) is 32.2 Å². The summed E-state index contributed by atoms with van der Waals surface area (Å²) < 4.78 is 51.1. The Bertz CT molecular complexity index is 1450. The fourth-order valence-corrected chi connectivity index (χ4v) is 3.95. The van der Waals surface area contributed by atoms with E-state index < -0.39 is 29.4 Å². The number of aliphatic imine (C=N–C) groups is 1. The minimum absolute atomic E-state index is 0.0000410.